The van der Waals surface area contributed by atoms with Crippen LogP contribution in [-0.2, 0) is 0 Å². The van der Waals surface area contributed by atoms with E-state index in [-0.39, 0.29) is 0 Å². The van der Waals surface area contributed by atoms with Crippen LogP contribution in [0.2, 0.25) is 0 Å². The Labute approximate surface area is 68.6 Å². The lowest BCUT2D eigenvalue weighted by Crippen LogP contribution is -1.76. The van der Waals surface area contributed by atoms with Gasteiger partial charge in [-0.1, -0.05) is 29.9 Å². The van der Waals surface area contributed by atoms with Gasteiger partial charge in [-0.3, -0.25) is 0 Å². The first kappa shape index (κ1) is 9.89. The summed E-state index contributed by atoms with van der Waals surface area (Å²) < 4.78 is 0. The highest BCUT2D eigenvalue weighted by atomic mass is 14.4. The molecule has 1 nitrogen and oxygen atoms in total. The molecule has 0 saturated heterocycles. The SMILES string of the molecule is C\C=C/C(C)=C\C=C\C(C)=N. The van der Waals surface area contributed by atoms with Crippen LogP contribution < -0.4 is 0 Å². The van der Waals surface area contributed by atoms with E-state index in [1.807, 2.05) is 38.2 Å². The van der Waals surface area contributed by atoms with Gasteiger partial charge in [-0.05, 0) is 26.8 Å². The first-order chi connectivity index (χ1) is 5.16. The molecule has 0 saturated carbocycles. The third-order valence-electron chi connectivity index (χ3n) is 1.13. The molecule has 60 valence electrons. The summed E-state index contributed by atoms with van der Waals surface area (Å²) in [5.74, 6) is 0. The molecular weight excluding hydrogens is 134 g/mol. The quantitative estimate of drug-likeness (QED) is 0.471. The van der Waals surface area contributed by atoms with E-state index in [9.17, 15) is 0 Å². The third-order valence-corrected chi connectivity index (χ3v) is 1.13. The Morgan fingerprint density at radius 1 is 1.18 bits per heavy atom. The fourth-order valence-electron chi connectivity index (χ4n) is 0.663. The van der Waals surface area contributed by atoms with Gasteiger partial charge in [0.05, 0.1) is 0 Å². The number of allylic oxidation sites excluding steroid dienone is 6. The summed E-state index contributed by atoms with van der Waals surface area (Å²) in [4.78, 5) is 0. The van der Waals surface area contributed by atoms with Gasteiger partial charge in [0.1, 0.15) is 0 Å². The summed E-state index contributed by atoms with van der Waals surface area (Å²) in [5, 5.41) is 7.11. The predicted octanol–water partition coefficient (Wildman–Crippen LogP) is 3.10. The first-order valence-corrected chi connectivity index (χ1v) is 3.69. The van der Waals surface area contributed by atoms with Crippen LogP contribution in [0.25, 0.3) is 0 Å². The van der Waals surface area contributed by atoms with Crippen molar-refractivity contribution in [2.75, 3.05) is 0 Å². The van der Waals surface area contributed by atoms with Gasteiger partial charge < -0.3 is 5.41 Å². The van der Waals surface area contributed by atoms with Crippen LogP contribution in [0.1, 0.15) is 20.8 Å². The van der Waals surface area contributed by atoms with Gasteiger partial charge in [0.25, 0.3) is 0 Å². The summed E-state index contributed by atoms with van der Waals surface area (Å²) in [7, 11) is 0. The van der Waals surface area contributed by atoms with Crippen molar-refractivity contribution in [3.8, 4) is 0 Å². The van der Waals surface area contributed by atoms with E-state index in [0.717, 1.165) is 0 Å². The Balaban J connectivity index is 4.01. The molecular formula is C10H15N. The third kappa shape index (κ3) is 6.78. The molecule has 0 amide bonds. The summed E-state index contributed by atoms with van der Waals surface area (Å²) in [6.45, 7) is 5.78. The molecule has 0 aliphatic rings. The van der Waals surface area contributed by atoms with Crippen molar-refractivity contribution in [3.63, 3.8) is 0 Å². The van der Waals surface area contributed by atoms with Crippen LogP contribution in [0, 0.1) is 5.41 Å². The van der Waals surface area contributed by atoms with Crippen LogP contribution in [-0.4, -0.2) is 5.71 Å². The Hall–Kier alpha value is -1.11. The van der Waals surface area contributed by atoms with Gasteiger partial charge >= 0.3 is 0 Å². The van der Waals surface area contributed by atoms with Gasteiger partial charge in [0, 0.05) is 5.71 Å². The van der Waals surface area contributed by atoms with E-state index in [1.165, 1.54) is 5.57 Å². The molecule has 0 aromatic heterocycles. The largest absolute Gasteiger partial charge is 0.306 e. The van der Waals surface area contributed by atoms with Crippen molar-refractivity contribution in [2.24, 2.45) is 0 Å². The van der Waals surface area contributed by atoms with Crippen molar-refractivity contribution in [1.29, 1.82) is 5.41 Å². The maximum absolute atomic E-state index is 7.11. The van der Waals surface area contributed by atoms with Gasteiger partial charge in [-0.25, -0.2) is 0 Å². The average molecular weight is 149 g/mol. The maximum atomic E-state index is 7.11. The summed E-state index contributed by atoms with van der Waals surface area (Å²) in [6, 6.07) is 0. The van der Waals surface area contributed by atoms with Crippen molar-refractivity contribution in [2.45, 2.75) is 20.8 Å². The molecule has 0 spiro atoms. The van der Waals surface area contributed by atoms with Crippen LogP contribution in [0.4, 0.5) is 0 Å². The molecule has 0 aromatic rings. The summed E-state index contributed by atoms with van der Waals surface area (Å²) >= 11 is 0. The average Bonchev–Trinajstić information content (AvgIpc) is 1.87. The van der Waals surface area contributed by atoms with Gasteiger partial charge in [-0.2, -0.15) is 0 Å². The molecule has 0 unspecified atom stereocenters. The monoisotopic (exact) mass is 149 g/mol. The van der Waals surface area contributed by atoms with E-state index in [1.54, 1.807) is 13.0 Å². The lowest BCUT2D eigenvalue weighted by molar-refractivity contribution is 1.48. The second-order valence-electron chi connectivity index (χ2n) is 2.45. The predicted molar refractivity (Wildman–Crippen MR) is 51.1 cm³/mol. The Kier molecular flexibility index (Phi) is 5.09. The zero-order valence-corrected chi connectivity index (χ0v) is 7.39. The molecule has 0 bridgehead atoms. The minimum atomic E-state index is 0.578. The number of nitrogens with one attached hydrogen (secondary N) is 1. The summed E-state index contributed by atoms with van der Waals surface area (Å²) in [5.41, 5.74) is 1.78. The van der Waals surface area contributed by atoms with Crippen molar-refractivity contribution < 1.29 is 0 Å². The molecule has 0 radical (unpaired) electrons. The Morgan fingerprint density at radius 2 is 1.82 bits per heavy atom. The molecule has 0 atom stereocenters. The molecule has 0 aromatic carbocycles. The van der Waals surface area contributed by atoms with Gasteiger partial charge in [0.2, 0.25) is 0 Å². The highest BCUT2D eigenvalue weighted by Gasteiger charge is 1.76. The standard InChI is InChI=1S/C10H15N/c1-4-6-9(2)7-5-8-10(3)11/h4-8,11H,1-3H3/b6-4-,8-5+,9-7-,11-10?. The van der Waals surface area contributed by atoms with Gasteiger partial charge in [-0.15, -0.1) is 0 Å². The molecule has 0 aliphatic heterocycles. The zero-order valence-electron chi connectivity index (χ0n) is 7.39. The molecule has 1 N–H and O–H groups in total. The van der Waals surface area contributed by atoms with E-state index >= 15 is 0 Å². The molecule has 0 aliphatic carbocycles. The fourth-order valence-corrected chi connectivity index (χ4v) is 0.663. The highest BCUT2D eigenvalue weighted by molar-refractivity contribution is 5.90. The normalized spacial score (nSPS) is 13.2. The van der Waals surface area contributed by atoms with E-state index in [0.29, 0.717) is 5.71 Å². The number of hydrogen-bond donors (Lipinski definition) is 1. The molecule has 0 fully saturated rings. The maximum Gasteiger partial charge on any atom is 0.0282 e. The second kappa shape index (κ2) is 5.66. The van der Waals surface area contributed by atoms with E-state index in [4.69, 9.17) is 5.41 Å². The molecule has 11 heavy (non-hydrogen) atoms. The van der Waals surface area contributed by atoms with Crippen LogP contribution in [0.3, 0.4) is 0 Å². The van der Waals surface area contributed by atoms with Crippen LogP contribution in [0.5, 0.6) is 0 Å². The summed E-state index contributed by atoms with van der Waals surface area (Å²) in [6.07, 6.45) is 9.67. The zero-order chi connectivity index (χ0) is 8.69. The lowest BCUT2D eigenvalue weighted by Gasteiger charge is -1.85. The minimum Gasteiger partial charge on any atom is -0.306 e. The lowest BCUT2D eigenvalue weighted by atomic mass is 10.2. The van der Waals surface area contributed by atoms with Gasteiger partial charge in [0.15, 0.2) is 0 Å². The number of rotatable bonds is 3. The molecule has 0 heterocycles. The Bertz CT molecular complexity index is 207. The minimum absolute atomic E-state index is 0.578. The van der Waals surface area contributed by atoms with Crippen molar-refractivity contribution in [3.05, 3.63) is 36.0 Å². The first-order valence-electron chi connectivity index (χ1n) is 3.69. The van der Waals surface area contributed by atoms with Crippen LogP contribution >= 0.6 is 0 Å². The van der Waals surface area contributed by atoms with Crippen molar-refractivity contribution in [1.82, 2.24) is 0 Å². The Morgan fingerprint density at radius 3 is 2.27 bits per heavy atom. The van der Waals surface area contributed by atoms with E-state index in [2.05, 4.69) is 0 Å². The van der Waals surface area contributed by atoms with E-state index < -0.39 is 0 Å². The number of hydrogen-bond acceptors (Lipinski definition) is 1. The molecule has 1 heteroatoms. The topological polar surface area (TPSA) is 23.9 Å². The fraction of sp³-hybridized carbons (Fsp3) is 0.300. The van der Waals surface area contributed by atoms with Crippen LogP contribution in [0.15, 0.2) is 36.0 Å². The highest BCUT2D eigenvalue weighted by Crippen LogP contribution is 1.94. The smallest absolute Gasteiger partial charge is 0.0282 e. The second-order valence-corrected chi connectivity index (χ2v) is 2.45. The molecule has 0 rings (SSSR count). The van der Waals surface area contributed by atoms with Crippen molar-refractivity contribution >= 4 is 5.71 Å².